The van der Waals surface area contributed by atoms with Gasteiger partial charge in [-0.15, -0.1) is 0 Å². The van der Waals surface area contributed by atoms with Crippen molar-refractivity contribution in [1.82, 2.24) is 15.4 Å². The van der Waals surface area contributed by atoms with Crippen LogP contribution in [-0.4, -0.2) is 47.5 Å². The van der Waals surface area contributed by atoms with Crippen LogP contribution in [0.5, 0.6) is 0 Å². The molecule has 1 fully saturated rings. The topological polar surface area (TPSA) is 101 Å². The van der Waals surface area contributed by atoms with E-state index < -0.39 is 11.9 Å². The Morgan fingerprint density at radius 1 is 1.43 bits per heavy atom. The second-order valence-electron chi connectivity index (χ2n) is 5.01. The largest absolute Gasteiger partial charge is 0.368 e. The molecule has 7 heteroatoms. The van der Waals surface area contributed by atoms with Gasteiger partial charge >= 0.3 is 0 Å². The molecular weight excluding hydrogens is 272 g/mol. The van der Waals surface area contributed by atoms with E-state index in [-0.39, 0.29) is 12.3 Å². The summed E-state index contributed by atoms with van der Waals surface area (Å²) in [5, 5.41) is 7.82. The minimum absolute atomic E-state index is 0.0980. The van der Waals surface area contributed by atoms with Gasteiger partial charge in [0.05, 0.1) is 6.42 Å². The molecule has 2 amide bonds. The summed E-state index contributed by atoms with van der Waals surface area (Å²) < 4.78 is 5.19. The Hall–Kier alpha value is -2.41. The quantitative estimate of drug-likeness (QED) is 0.804. The molecule has 7 nitrogen and oxygen atoms in total. The zero-order valence-electron chi connectivity index (χ0n) is 11.4. The van der Waals surface area contributed by atoms with E-state index in [2.05, 4.69) is 10.5 Å². The predicted octanol–water partition coefficient (Wildman–Crippen LogP) is -0.344. The molecule has 2 heterocycles. The lowest BCUT2D eigenvalue weighted by Gasteiger charge is -2.34. The number of carbonyl (C=O) groups is 2. The summed E-state index contributed by atoms with van der Waals surface area (Å²) >= 11 is 0. The fourth-order valence-corrected chi connectivity index (χ4v) is 2.57. The Balaban J connectivity index is 1.80. The Bertz CT molecular complexity index is 682. The first kappa shape index (κ1) is 13.6. The van der Waals surface area contributed by atoms with Gasteiger partial charge in [0.15, 0.2) is 5.58 Å². The monoisotopic (exact) mass is 288 g/mol. The number of carbonyl (C=O) groups excluding carboxylic acids is 2. The fraction of sp³-hybridized carbons (Fsp3) is 0.357. The SMILES string of the molecule is NC(=O)C1CNCCN1C(=O)Cc1noc2ccccc12. The summed E-state index contributed by atoms with van der Waals surface area (Å²) in [5.41, 5.74) is 6.58. The summed E-state index contributed by atoms with van der Waals surface area (Å²) in [5.74, 6) is -0.667. The molecule has 3 N–H and O–H groups in total. The van der Waals surface area contributed by atoms with Crippen LogP contribution in [0.2, 0.25) is 0 Å². The van der Waals surface area contributed by atoms with Crippen LogP contribution >= 0.6 is 0 Å². The average molecular weight is 288 g/mol. The number of nitrogens with two attached hydrogens (primary N) is 1. The maximum atomic E-state index is 12.4. The van der Waals surface area contributed by atoms with Gasteiger partial charge < -0.3 is 20.5 Å². The standard InChI is InChI=1S/C14H16N4O3/c15-14(20)11-8-16-5-6-18(11)13(19)7-10-9-3-1-2-4-12(9)21-17-10/h1-4,11,16H,5-8H2,(H2,15,20). The lowest BCUT2D eigenvalue weighted by molar-refractivity contribution is -0.139. The molecule has 1 unspecified atom stereocenters. The zero-order chi connectivity index (χ0) is 14.8. The molecule has 1 aliphatic rings. The number of nitrogens with one attached hydrogen (secondary N) is 1. The number of hydrogen-bond acceptors (Lipinski definition) is 5. The summed E-state index contributed by atoms with van der Waals surface area (Å²) in [6, 6.07) is 6.76. The van der Waals surface area contributed by atoms with Crippen molar-refractivity contribution in [3.05, 3.63) is 30.0 Å². The van der Waals surface area contributed by atoms with Crippen LogP contribution in [0.3, 0.4) is 0 Å². The lowest BCUT2D eigenvalue weighted by atomic mass is 10.1. The first-order valence-electron chi connectivity index (χ1n) is 6.79. The Kier molecular flexibility index (Phi) is 3.57. The molecule has 1 saturated heterocycles. The van der Waals surface area contributed by atoms with E-state index in [0.717, 1.165) is 5.39 Å². The number of nitrogens with zero attached hydrogens (tertiary/aromatic N) is 2. The van der Waals surface area contributed by atoms with Gasteiger partial charge in [0, 0.05) is 25.0 Å². The molecule has 110 valence electrons. The number of hydrogen-bond donors (Lipinski definition) is 2. The highest BCUT2D eigenvalue weighted by atomic mass is 16.5. The highest BCUT2D eigenvalue weighted by Crippen LogP contribution is 2.19. The number of fused-ring (bicyclic) bond motifs is 1. The fourth-order valence-electron chi connectivity index (χ4n) is 2.57. The van der Waals surface area contributed by atoms with Crippen LogP contribution in [-0.2, 0) is 16.0 Å². The zero-order valence-corrected chi connectivity index (χ0v) is 11.4. The highest BCUT2D eigenvalue weighted by molar-refractivity contribution is 5.90. The van der Waals surface area contributed by atoms with Crippen LogP contribution in [0.4, 0.5) is 0 Å². The van der Waals surface area contributed by atoms with Gasteiger partial charge in [0.25, 0.3) is 0 Å². The molecule has 1 aromatic carbocycles. The summed E-state index contributed by atoms with van der Waals surface area (Å²) in [6.45, 7) is 1.50. The van der Waals surface area contributed by atoms with E-state index in [9.17, 15) is 9.59 Å². The van der Waals surface area contributed by atoms with E-state index in [1.165, 1.54) is 4.90 Å². The lowest BCUT2D eigenvalue weighted by Crippen LogP contribution is -2.59. The van der Waals surface area contributed by atoms with Gasteiger partial charge in [-0.05, 0) is 12.1 Å². The van der Waals surface area contributed by atoms with Crippen LogP contribution in [0, 0.1) is 0 Å². The third-order valence-electron chi connectivity index (χ3n) is 3.66. The van der Waals surface area contributed by atoms with Gasteiger partial charge in [-0.1, -0.05) is 17.3 Å². The van der Waals surface area contributed by atoms with Crippen molar-refractivity contribution in [1.29, 1.82) is 0 Å². The molecule has 3 rings (SSSR count). The molecule has 1 atom stereocenters. The third kappa shape index (κ3) is 2.59. The van der Waals surface area contributed by atoms with E-state index >= 15 is 0 Å². The summed E-state index contributed by atoms with van der Waals surface area (Å²) in [6.07, 6.45) is 0.0980. The first-order chi connectivity index (χ1) is 10.2. The summed E-state index contributed by atoms with van der Waals surface area (Å²) in [4.78, 5) is 25.4. The van der Waals surface area contributed by atoms with Crippen LogP contribution in [0.1, 0.15) is 5.69 Å². The highest BCUT2D eigenvalue weighted by Gasteiger charge is 2.31. The molecule has 0 bridgehead atoms. The molecule has 0 saturated carbocycles. The van der Waals surface area contributed by atoms with Crippen molar-refractivity contribution in [2.24, 2.45) is 5.73 Å². The van der Waals surface area contributed by atoms with E-state index in [0.29, 0.717) is 30.9 Å². The Morgan fingerprint density at radius 3 is 3.05 bits per heavy atom. The van der Waals surface area contributed by atoms with Crippen molar-refractivity contribution in [2.75, 3.05) is 19.6 Å². The smallest absolute Gasteiger partial charge is 0.241 e. The normalized spacial score (nSPS) is 18.9. The number of benzene rings is 1. The average Bonchev–Trinajstić information content (AvgIpc) is 2.90. The van der Waals surface area contributed by atoms with Crippen molar-refractivity contribution in [3.63, 3.8) is 0 Å². The second kappa shape index (κ2) is 5.53. The van der Waals surface area contributed by atoms with Crippen molar-refractivity contribution in [3.8, 4) is 0 Å². The van der Waals surface area contributed by atoms with Gasteiger partial charge in [-0.2, -0.15) is 0 Å². The third-order valence-corrected chi connectivity index (χ3v) is 3.66. The maximum absolute atomic E-state index is 12.4. The van der Waals surface area contributed by atoms with E-state index in [1.807, 2.05) is 18.2 Å². The molecule has 0 radical (unpaired) electrons. The molecular formula is C14H16N4O3. The minimum Gasteiger partial charge on any atom is -0.368 e. The van der Waals surface area contributed by atoms with Crippen LogP contribution < -0.4 is 11.1 Å². The second-order valence-corrected chi connectivity index (χ2v) is 5.01. The molecule has 1 aromatic heterocycles. The van der Waals surface area contributed by atoms with E-state index in [1.54, 1.807) is 6.07 Å². The van der Waals surface area contributed by atoms with Crippen molar-refractivity contribution in [2.45, 2.75) is 12.5 Å². The van der Waals surface area contributed by atoms with Crippen LogP contribution in [0.25, 0.3) is 11.0 Å². The number of aromatic nitrogens is 1. The summed E-state index contributed by atoms with van der Waals surface area (Å²) in [7, 11) is 0. The Morgan fingerprint density at radius 2 is 2.24 bits per heavy atom. The van der Waals surface area contributed by atoms with E-state index in [4.69, 9.17) is 10.3 Å². The Labute approximate surface area is 121 Å². The molecule has 0 spiro atoms. The maximum Gasteiger partial charge on any atom is 0.241 e. The van der Waals surface area contributed by atoms with Gasteiger partial charge in [0.2, 0.25) is 11.8 Å². The van der Waals surface area contributed by atoms with Crippen molar-refractivity contribution >= 4 is 22.8 Å². The number of rotatable bonds is 3. The van der Waals surface area contributed by atoms with Gasteiger partial charge in [0.1, 0.15) is 11.7 Å². The number of piperazine rings is 1. The van der Waals surface area contributed by atoms with Crippen molar-refractivity contribution < 1.29 is 14.1 Å². The minimum atomic E-state index is -0.607. The number of para-hydroxylation sites is 1. The molecule has 1 aliphatic heterocycles. The van der Waals surface area contributed by atoms with Crippen LogP contribution in [0.15, 0.2) is 28.8 Å². The number of amides is 2. The predicted molar refractivity (Wildman–Crippen MR) is 75.3 cm³/mol. The van der Waals surface area contributed by atoms with Gasteiger partial charge in [-0.3, -0.25) is 9.59 Å². The first-order valence-corrected chi connectivity index (χ1v) is 6.79. The molecule has 2 aromatic rings. The van der Waals surface area contributed by atoms with Gasteiger partial charge in [-0.25, -0.2) is 0 Å². The number of primary amides is 1. The molecule has 21 heavy (non-hydrogen) atoms. The molecule has 0 aliphatic carbocycles.